The highest BCUT2D eigenvalue weighted by atomic mass is 16.5. The highest BCUT2D eigenvalue weighted by Gasteiger charge is 2.13. The van der Waals surface area contributed by atoms with Crippen LogP contribution in [0.3, 0.4) is 0 Å². The number of aromatic nitrogens is 3. The van der Waals surface area contributed by atoms with Gasteiger partial charge < -0.3 is 15.4 Å². The predicted octanol–water partition coefficient (Wildman–Crippen LogP) is 3.33. The molecule has 0 fully saturated rings. The van der Waals surface area contributed by atoms with Crippen LogP contribution in [-0.4, -0.2) is 34.1 Å². The molecule has 0 radical (unpaired) electrons. The van der Waals surface area contributed by atoms with E-state index in [0.29, 0.717) is 36.5 Å². The highest BCUT2D eigenvalue weighted by molar-refractivity contribution is 5.36. The second kappa shape index (κ2) is 9.37. The molecule has 6 nitrogen and oxygen atoms in total. The maximum absolute atomic E-state index is 5.54. The van der Waals surface area contributed by atoms with E-state index >= 15 is 0 Å². The lowest BCUT2D eigenvalue weighted by atomic mass is 10.0. The SMILES string of the molecule is CCCNc1nc(NC(C)C(C)CC)nc(OCCC)n1. The summed E-state index contributed by atoms with van der Waals surface area (Å²) >= 11 is 0. The lowest BCUT2D eigenvalue weighted by Gasteiger charge is -2.20. The van der Waals surface area contributed by atoms with Gasteiger partial charge in [-0.25, -0.2) is 0 Å². The van der Waals surface area contributed by atoms with Crippen molar-refractivity contribution in [2.75, 3.05) is 23.8 Å². The number of hydrogen-bond acceptors (Lipinski definition) is 6. The van der Waals surface area contributed by atoms with Gasteiger partial charge in [-0.3, -0.25) is 0 Å². The Balaban J connectivity index is 2.84. The van der Waals surface area contributed by atoms with Crippen LogP contribution < -0.4 is 15.4 Å². The van der Waals surface area contributed by atoms with Crippen LogP contribution >= 0.6 is 0 Å². The Morgan fingerprint density at radius 2 is 1.71 bits per heavy atom. The summed E-state index contributed by atoms with van der Waals surface area (Å²) < 4.78 is 5.54. The van der Waals surface area contributed by atoms with Gasteiger partial charge in [0, 0.05) is 12.6 Å². The topological polar surface area (TPSA) is 72.0 Å². The first kappa shape index (κ1) is 17.5. The van der Waals surface area contributed by atoms with Crippen molar-refractivity contribution in [1.82, 2.24) is 15.0 Å². The highest BCUT2D eigenvalue weighted by Crippen LogP contribution is 2.15. The van der Waals surface area contributed by atoms with E-state index in [0.717, 1.165) is 25.8 Å². The quantitative estimate of drug-likeness (QED) is 0.690. The molecule has 0 amide bonds. The van der Waals surface area contributed by atoms with Crippen LogP contribution in [0.5, 0.6) is 6.01 Å². The lowest BCUT2D eigenvalue weighted by molar-refractivity contribution is 0.292. The maximum Gasteiger partial charge on any atom is 0.323 e. The third-order valence-electron chi connectivity index (χ3n) is 3.44. The predicted molar refractivity (Wildman–Crippen MR) is 86.9 cm³/mol. The van der Waals surface area contributed by atoms with Crippen molar-refractivity contribution in [2.45, 2.75) is 59.9 Å². The molecule has 0 aliphatic heterocycles. The Bertz CT molecular complexity index is 387. The maximum atomic E-state index is 5.54. The van der Waals surface area contributed by atoms with Gasteiger partial charge in [-0.15, -0.1) is 0 Å². The average molecular weight is 295 g/mol. The molecule has 0 aromatic carbocycles. The standard InChI is InChI=1S/C15H29N5O/c1-6-9-16-13-18-14(17-12(5)11(4)8-3)20-15(19-13)21-10-7-2/h11-12H,6-10H2,1-5H3,(H2,16,17,18,19,20). The minimum Gasteiger partial charge on any atom is -0.463 e. The van der Waals surface area contributed by atoms with Gasteiger partial charge in [0.25, 0.3) is 0 Å². The molecule has 0 aliphatic carbocycles. The van der Waals surface area contributed by atoms with Crippen LogP contribution in [0, 0.1) is 5.92 Å². The summed E-state index contributed by atoms with van der Waals surface area (Å²) in [4.78, 5) is 13.0. The Morgan fingerprint density at radius 3 is 2.33 bits per heavy atom. The summed E-state index contributed by atoms with van der Waals surface area (Å²) in [5.74, 6) is 1.69. The molecule has 0 saturated heterocycles. The van der Waals surface area contributed by atoms with Crippen molar-refractivity contribution < 1.29 is 4.74 Å². The average Bonchev–Trinajstić information content (AvgIpc) is 2.49. The number of anilines is 2. The monoisotopic (exact) mass is 295 g/mol. The van der Waals surface area contributed by atoms with Crippen molar-refractivity contribution >= 4 is 11.9 Å². The van der Waals surface area contributed by atoms with Crippen molar-refractivity contribution in [1.29, 1.82) is 0 Å². The molecule has 1 aromatic rings. The summed E-state index contributed by atoms with van der Waals surface area (Å²) in [5, 5.41) is 6.53. The van der Waals surface area contributed by atoms with Crippen molar-refractivity contribution in [2.24, 2.45) is 5.92 Å². The number of nitrogens with one attached hydrogen (secondary N) is 2. The number of nitrogens with zero attached hydrogens (tertiary/aromatic N) is 3. The third kappa shape index (κ3) is 6.14. The first-order valence-electron chi connectivity index (χ1n) is 7.99. The minimum absolute atomic E-state index is 0.301. The normalized spacial score (nSPS) is 13.6. The molecular weight excluding hydrogens is 266 g/mol. The number of rotatable bonds is 10. The van der Waals surface area contributed by atoms with E-state index in [1.807, 2.05) is 0 Å². The van der Waals surface area contributed by atoms with Gasteiger partial charge >= 0.3 is 6.01 Å². The van der Waals surface area contributed by atoms with Gasteiger partial charge in [-0.1, -0.05) is 34.1 Å². The van der Waals surface area contributed by atoms with E-state index in [-0.39, 0.29) is 0 Å². The minimum atomic E-state index is 0.301. The summed E-state index contributed by atoms with van der Waals surface area (Å²) in [6, 6.07) is 0.680. The Labute approximate surface area is 128 Å². The first-order valence-corrected chi connectivity index (χ1v) is 7.99. The summed E-state index contributed by atoms with van der Waals surface area (Å²) in [6.45, 7) is 12.1. The molecule has 1 rings (SSSR count). The molecular formula is C15H29N5O. The van der Waals surface area contributed by atoms with Gasteiger partial charge in [-0.05, 0) is 25.7 Å². The Hall–Kier alpha value is -1.59. The second-order valence-corrected chi connectivity index (χ2v) is 5.36. The molecule has 1 aromatic heterocycles. The van der Waals surface area contributed by atoms with Crippen LogP contribution in [-0.2, 0) is 0 Å². The van der Waals surface area contributed by atoms with Crippen molar-refractivity contribution in [3.63, 3.8) is 0 Å². The fourth-order valence-corrected chi connectivity index (χ4v) is 1.69. The summed E-state index contributed by atoms with van der Waals surface area (Å²) in [5.41, 5.74) is 0. The fraction of sp³-hybridized carbons (Fsp3) is 0.800. The number of ether oxygens (including phenoxy) is 1. The smallest absolute Gasteiger partial charge is 0.323 e. The molecule has 2 N–H and O–H groups in total. The zero-order valence-corrected chi connectivity index (χ0v) is 13.9. The van der Waals surface area contributed by atoms with Crippen LogP contribution in [0.25, 0.3) is 0 Å². The third-order valence-corrected chi connectivity index (χ3v) is 3.44. The Kier molecular flexibility index (Phi) is 7.79. The molecule has 6 heteroatoms. The van der Waals surface area contributed by atoms with Crippen LogP contribution in [0.15, 0.2) is 0 Å². The largest absolute Gasteiger partial charge is 0.463 e. The van der Waals surface area contributed by atoms with E-state index in [1.165, 1.54) is 0 Å². The van der Waals surface area contributed by atoms with Crippen LogP contribution in [0.1, 0.15) is 53.9 Å². The summed E-state index contributed by atoms with van der Waals surface area (Å²) in [7, 11) is 0. The lowest BCUT2D eigenvalue weighted by Crippen LogP contribution is -2.25. The van der Waals surface area contributed by atoms with E-state index in [4.69, 9.17) is 4.74 Å². The van der Waals surface area contributed by atoms with Gasteiger partial charge in [0.2, 0.25) is 11.9 Å². The van der Waals surface area contributed by atoms with Crippen molar-refractivity contribution in [3.05, 3.63) is 0 Å². The molecule has 120 valence electrons. The molecule has 0 saturated carbocycles. The number of hydrogen-bond donors (Lipinski definition) is 2. The molecule has 2 atom stereocenters. The summed E-state index contributed by atoms with van der Waals surface area (Å²) in [6.07, 6.45) is 3.05. The van der Waals surface area contributed by atoms with E-state index in [2.05, 4.69) is 60.2 Å². The van der Waals surface area contributed by atoms with Gasteiger partial charge in [0.15, 0.2) is 0 Å². The molecule has 21 heavy (non-hydrogen) atoms. The zero-order valence-electron chi connectivity index (χ0n) is 13.9. The Morgan fingerprint density at radius 1 is 1.00 bits per heavy atom. The van der Waals surface area contributed by atoms with Gasteiger partial charge in [0.1, 0.15) is 0 Å². The zero-order chi connectivity index (χ0) is 15.7. The van der Waals surface area contributed by atoms with Crippen LogP contribution in [0.2, 0.25) is 0 Å². The van der Waals surface area contributed by atoms with Crippen LogP contribution in [0.4, 0.5) is 11.9 Å². The first-order chi connectivity index (χ1) is 10.1. The fourth-order valence-electron chi connectivity index (χ4n) is 1.69. The van der Waals surface area contributed by atoms with Gasteiger partial charge in [-0.2, -0.15) is 15.0 Å². The second-order valence-electron chi connectivity index (χ2n) is 5.36. The van der Waals surface area contributed by atoms with E-state index in [9.17, 15) is 0 Å². The van der Waals surface area contributed by atoms with E-state index in [1.54, 1.807) is 0 Å². The van der Waals surface area contributed by atoms with Crippen molar-refractivity contribution in [3.8, 4) is 6.01 Å². The van der Waals surface area contributed by atoms with E-state index < -0.39 is 0 Å². The van der Waals surface area contributed by atoms with Gasteiger partial charge in [0.05, 0.1) is 6.61 Å². The molecule has 0 aliphatic rings. The molecule has 1 heterocycles. The molecule has 0 spiro atoms. The molecule has 2 unspecified atom stereocenters. The molecule has 0 bridgehead atoms.